The van der Waals surface area contributed by atoms with Crippen LogP contribution < -0.4 is 0 Å². The molecule has 1 aliphatic heterocycles. The van der Waals surface area contributed by atoms with Crippen molar-refractivity contribution in [2.75, 3.05) is 32.7 Å². The van der Waals surface area contributed by atoms with Gasteiger partial charge in [0.25, 0.3) is 0 Å². The van der Waals surface area contributed by atoms with Crippen LogP contribution in [0.3, 0.4) is 0 Å². The molecule has 112 valence electrons. The molecular formula is C17H21ClN2O. The molecule has 0 radical (unpaired) electrons. The summed E-state index contributed by atoms with van der Waals surface area (Å²) >= 11 is 6.40. The maximum absolute atomic E-state index is 6.40. The van der Waals surface area contributed by atoms with Gasteiger partial charge < -0.3 is 4.42 Å². The first kappa shape index (κ1) is 14.6. The fraction of sp³-hybridized carbons (Fsp3) is 0.412. The van der Waals surface area contributed by atoms with Gasteiger partial charge in [-0.25, -0.2) is 0 Å². The number of alkyl halides is 1. The second kappa shape index (κ2) is 7.12. The van der Waals surface area contributed by atoms with Crippen molar-refractivity contribution in [1.82, 2.24) is 9.80 Å². The molecule has 21 heavy (non-hydrogen) atoms. The topological polar surface area (TPSA) is 19.6 Å². The summed E-state index contributed by atoms with van der Waals surface area (Å²) in [5, 5.41) is -0.0549. The number of rotatable bonds is 5. The number of nitrogens with zero attached hydrogens (tertiary/aromatic N) is 2. The van der Waals surface area contributed by atoms with E-state index in [2.05, 4.69) is 40.1 Å². The molecule has 0 N–H and O–H groups in total. The zero-order valence-corrected chi connectivity index (χ0v) is 12.9. The van der Waals surface area contributed by atoms with Crippen LogP contribution in [-0.2, 0) is 6.54 Å². The van der Waals surface area contributed by atoms with E-state index in [4.69, 9.17) is 16.0 Å². The molecule has 0 bridgehead atoms. The average molecular weight is 305 g/mol. The van der Waals surface area contributed by atoms with Crippen LogP contribution in [0.1, 0.15) is 16.7 Å². The Morgan fingerprint density at radius 1 is 0.952 bits per heavy atom. The highest BCUT2D eigenvalue weighted by molar-refractivity contribution is 6.20. The van der Waals surface area contributed by atoms with Gasteiger partial charge in [-0.05, 0) is 17.7 Å². The van der Waals surface area contributed by atoms with Gasteiger partial charge in [-0.1, -0.05) is 30.3 Å². The van der Waals surface area contributed by atoms with E-state index in [9.17, 15) is 0 Å². The minimum absolute atomic E-state index is 0.0549. The highest BCUT2D eigenvalue weighted by Gasteiger charge is 2.21. The summed E-state index contributed by atoms with van der Waals surface area (Å²) in [6.45, 7) is 6.21. The molecule has 0 aliphatic carbocycles. The molecule has 1 aliphatic rings. The van der Waals surface area contributed by atoms with E-state index in [1.807, 2.05) is 12.1 Å². The monoisotopic (exact) mass is 304 g/mol. The molecule has 4 heteroatoms. The molecule has 2 heterocycles. The van der Waals surface area contributed by atoms with Crippen LogP contribution >= 0.6 is 11.6 Å². The minimum atomic E-state index is -0.0549. The molecule has 1 atom stereocenters. The predicted octanol–water partition coefficient (Wildman–Crippen LogP) is 3.38. The van der Waals surface area contributed by atoms with Gasteiger partial charge in [-0.2, -0.15) is 0 Å². The standard InChI is InChI=1S/C17H21ClN2O/c18-16(17-7-4-12-21-17)14-20-10-8-19(9-11-20)13-15-5-2-1-3-6-15/h1-7,12,16H,8-11,13-14H2. The molecular weight excluding hydrogens is 284 g/mol. The van der Waals surface area contributed by atoms with Gasteiger partial charge in [0.2, 0.25) is 0 Å². The number of piperazine rings is 1. The Bertz CT molecular complexity index is 521. The molecule has 0 amide bonds. The Balaban J connectivity index is 1.45. The second-order valence-corrected chi connectivity index (χ2v) is 6.07. The first-order valence-corrected chi connectivity index (χ1v) is 7.91. The molecule has 0 spiro atoms. The highest BCUT2D eigenvalue weighted by atomic mass is 35.5. The smallest absolute Gasteiger partial charge is 0.122 e. The Morgan fingerprint density at radius 3 is 2.33 bits per heavy atom. The van der Waals surface area contributed by atoms with Gasteiger partial charge in [0.05, 0.1) is 6.26 Å². The van der Waals surface area contributed by atoms with Gasteiger partial charge in [-0.3, -0.25) is 9.80 Å². The fourth-order valence-electron chi connectivity index (χ4n) is 2.76. The van der Waals surface area contributed by atoms with Crippen LogP contribution in [0, 0.1) is 0 Å². The molecule has 3 nitrogen and oxygen atoms in total. The van der Waals surface area contributed by atoms with E-state index < -0.39 is 0 Å². The lowest BCUT2D eigenvalue weighted by Crippen LogP contribution is -2.46. The zero-order valence-electron chi connectivity index (χ0n) is 12.1. The summed E-state index contributed by atoms with van der Waals surface area (Å²) < 4.78 is 5.37. The van der Waals surface area contributed by atoms with E-state index in [1.54, 1.807) is 6.26 Å². The van der Waals surface area contributed by atoms with Crippen molar-refractivity contribution in [2.24, 2.45) is 0 Å². The Hall–Kier alpha value is -1.29. The van der Waals surface area contributed by atoms with Crippen LogP contribution in [0.25, 0.3) is 0 Å². The molecule has 3 rings (SSSR count). The SMILES string of the molecule is ClC(CN1CCN(Cc2ccccc2)CC1)c1ccco1. The maximum atomic E-state index is 6.40. The summed E-state index contributed by atoms with van der Waals surface area (Å²) in [7, 11) is 0. The normalized spacial score (nSPS) is 18.7. The number of hydrogen-bond acceptors (Lipinski definition) is 3. The molecule has 1 fully saturated rings. The summed E-state index contributed by atoms with van der Waals surface area (Å²) in [6.07, 6.45) is 1.68. The Labute approximate surface area is 131 Å². The van der Waals surface area contributed by atoms with Crippen molar-refractivity contribution in [3.8, 4) is 0 Å². The Kier molecular flexibility index (Phi) is 4.96. The van der Waals surface area contributed by atoms with E-state index in [1.165, 1.54) is 5.56 Å². The van der Waals surface area contributed by atoms with Crippen molar-refractivity contribution in [3.63, 3.8) is 0 Å². The third-order valence-electron chi connectivity index (χ3n) is 3.98. The van der Waals surface area contributed by atoms with Gasteiger partial charge in [0, 0.05) is 39.3 Å². The molecule has 0 saturated carbocycles. The molecule has 1 aromatic heterocycles. The molecule has 2 aromatic rings. The van der Waals surface area contributed by atoms with E-state index in [0.29, 0.717) is 0 Å². The molecule has 1 saturated heterocycles. The van der Waals surface area contributed by atoms with Gasteiger partial charge >= 0.3 is 0 Å². The lowest BCUT2D eigenvalue weighted by Gasteiger charge is -2.35. The number of furan rings is 1. The van der Waals surface area contributed by atoms with Crippen molar-refractivity contribution in [3.05, 3.63) is 60.1 Å². The molecule has 1 aromatic carbocycles. The molecule has 1 unspecified atom stereocenters. The van der Waals surface area contributed by atoms with Crippen molar-refractivity contribution in [1.29, 1.82) is 0 Å². The third kappa shape index (κ3) is 4.10. The van der Waals surface area contributed by atoms with Crippen molar-refractivity contribution >= 4 is 11.6 Å². The van der Waals surface area contributed by atoms with E-state index >= 15 is 0 Å². The van der Waals surface area contributed by atoms with E-state index in [-0.39, 0.29) is 5.38 Å². The number of hydrogen-bond donors (Lipinski definition) is 0. The summed E-state index contributed by atoms with van der Waals surface area (Å²) in [5.41, 5.74) is 1.39. The first-order chi connectivity index (χ1) is 10.3. The third-order valence-corrected chi connectivity index (χ3v) is 4.34. The highest BCUT2D eigenvalue weighted by Crippen LogP contribution is 2.22. The first-order valence-electron chi connectivity index (χ1n) is 7.47. The maximum Gasteiger partial charge on any atom is 0.122 e. The van der Waals surface area contributed by atoms with Crippen LogP contribution in [0.15, 0.2) is 53.1 Å². The fourth-order valence-corrected chi connectivity index (χ4v) is 3.08. The quantitative estimate of drug-likeness (QED) is 0.790. The summed E-state index contributed by atoms with van der Waals surface area (Å²) in [4.78, 5) is 4.92. The number of benzene rings is 1. The number of halogens is 1. The van der Waals surface area contributed by atoms with Crippen LogP contribution in [-0.4, -0.2) is 42.5 Å². The largest absolute Gasteiger partial charge is 0.468 e. The van der Waals surface area contributed by atoms with Crippen molar-refractivity contribution < 1.29 is 4.42 Å². The van der Waals surface area contributed by atoms with Crippen LogP contribution in [0.5, 0.6) is 0 Å². The zero-order chi connectivity index (χ0) is 14.5. The summed E-state index contributed by atoms with van der Waals surface area (Å²) in [6, 6.07) is 14.5. The minimum Gasteiger partial charge on any atom is -0.468 e. The van der Waals surface area contributed by atoms with Gasteiger partial charge in [-0.15, -0.1) is 11.6 Å². The van der Waals surface area contributed by atoms with Crippen LogP contribution in [0.4, 0.5) is 0 Å². The van der Waals surface area contributed by atoms with Gasteiger partial charge in [0.15, 0.2) is 0 Å². The predicted molar refractivity (Wildman–Crippen MR) is 85.5 cm³/mol. The Morgan fingerprint density at radius 2 is 1.67 bits per heavy atom. The lowest BCUT2D eigenvalue weighted by molar-refractivity contribution is 0.125. The lowest BCUT2D eigenvalue weighted by atomic mass is 10.2. The van der Waals surface area contributed by atoms with E-state index in [0.717, 1.165) is 45.0 Å². The second-order valence-electron chi connectivity index (χ2n) is 5.55. The van der Waals surface area contributed by atoms with Gasteiger partial charge in [0.1, 0.15) is 11.1 Å². The average Bonchev–Trinajstić information content (AvgIpc) is 3.05. The van der Waals surface area contributed by atoms with Crippen LogP contribution in [0.2, 0.25) is 0 Å². The summed E-state index contributed by atoms with van der Waals surface area (Å²) in [5.74, 6) is 0.864. The van der Waals surface area contributed by atoms with Crippen molar-refractivity contribution in [2.45, 2.75) is 11.9 Å².